The average Bonchev–Trinajstić information content (AvgIpc) is 3.62. The maximum Gasteiger partial charge on any atom is 0.249 e. The molecule has 1 aliphatic heterocycles. The number of methoxy groups -OCH3 is 3. The molecule has 0 spiro atoms. The fraction of sp³-hybridized carbons (Fsp3) is 0.346. The zero-order chi connectivity index (χ0) is 25.2. The predicted octanol–water partition coefficient (Wildman–Crippen LogP) is 3.82. The van der Waals surface area contributed by atoms with Gasteiger partial charge in [-0.2, -0.15) is 0 Å². The normalized spacial score (nSPS) is 14.6. The summed E-state index contributed by atoms with van der Waals surface area (Å²) in [4.78, 5) is 34.8. The van der Waals surface area contributed by atoms with E-state index in [-0.39, 0.29) is 24.9 Å². The Bertz CT molecular complexity index is 1300. The number of nitrogens with one attached hydrogen (secondary N) is 1. The highest BCUT2D eigenvalue weighted by Gasteiger charge is 2.34. The lowest BCUT2D eigenvalue weighted by molar-refractivity contribution is -0.123. The summed E-state index contributed by atoms with van der Waals surface area (Å²) < 4.78 is 16.6. The quantitative estimate of drug-likeness (QED) is 0.483. The summed E-state index contributed by atoms with van der Waals surface area (Å²) in [5, 5.41) is 5.69. The van der Waals surface area contributed by atoms with Crippen molar-refractivity contribution in [3.8, 4) is 17.2 Å². The first-order valence-corrected chi connectivity index (χ1v) is 13.3. The number of aliphatic imine (C=N–C) groups is 1. The number of benzene rings is 1. The van der Waals surface area contributed by atoms with Crippen molar-refractivity contribution in [2.24, 2.45) is 4.99 Å². The minimum Gasteiger partial charge on any atom is -0.493 e. The maximum absolute atomic E-state index is 13.3. The van der Waals surface area contributed by atoms with Crippen molar-refractivity contribution >= 4 is 45.2 Å². The third-order valence-corrected chi connectivity index (χ3v) is 8.53. The minimum absolute atomic E-state index is 0.0470. The number of carbonyl (C=O) groups excluding carboxylic acids is 2. The van der Waals surface area contributed by atoms with Gasteiger partial charge in [0, 0.05) is 20.9 Å². The molecule has 1 N–H and O–H groups in total. The molecule has 3 aromatic rings. The van der Waals surface area contributed by atoms with Crippen molar-refractivity contribution < 1.29 is 23.8 Å². The molecule has 8 nitrogen and oxygen atoms in total. The predicted molar refractivity (Wildman–Crippen MR) is 141 cm³/mol. The van der Waals surface area contributed by atoms with E-state index < -0.39 is 0 Å². The Hall–Kier alpha value is -3.37. The molecule has 0 bridgehead atoms. The summed E-state index contributed by atoms with van der Waals surface area (Å²) in [6.45, 7) is 0.342. The summed E-state index contributed by atoms with van der Waals surface area (Å²) >= 11 is 3.18. The van der Waals surface area contributed by atoms with Crippen LogP contribution in [0.15, 0.2) is 34.6 Å². The summed E-state index contributed by atoms with van der Waals surface area (Å²) in [7, 11) is 4.71. The van der Waals surface area contributed by atoms with Gasteiger partial charge in [0.25, 0.3) is 0 Å². The summed E-state index contributed by atoms with van der Waals surface area (Å²) in [5.41, 5.74) is 3.62. The Balaban J connectivity index is 1.53. The zero-order valence-corrected chi connectivity index (χ0v) is 22.0. The van der Waals surface area contributed by atoms with E-state index in [1.54, 1.807) is 48.9 Å². The van der Waals surface area contributed by atoms with Gasteiger partial charge in [-0.15, -0.1) is 22.7 Å². The van der Waals surface area contributed by atoms with Gasteiger partial charge in [-0.3, -0.25) is 19.5 Å². The topological polar surface area (TPSA) is 89.5 Å². The number of hydrogen-bond acceptors (Lipinski definition) is 8. The number of ether oxygens (including phenoxy) is 3. The number of thiophene rings is 2. The van der Waals surface area contributed by atoms with Gasteiger partial charge >= 0.3 is 0 Å². The van der Waals surface area contributed by atoms with Gasteiger partial charge in [0.2, 0.25) is 17.6 Å². The van der Waals surface area contributed by atoms with Gasteiger partial charge in [0.1, 0.15) is 18.1 Å². The molecule has 3 heterocycles. The van der Waals surface area contributed by atoms with Crippen LogP contribution in [0.2, 0.25) is 0 Å². The summed E-state index contributed by atoms with van der Waals surface area (Å²) in [6, 6.07) is 7.64. The monoisotopic (exact) mass is 525 g/mol. The Labute approximate surface area is 217 Å². The smallest absolute Gasteiger partial charge is 0.249 e. The molecule has 1 aliphatic carbocycles. The van der Waals surface area contributed by atoms with Crippen molar-refractivity contribution in [2.75, 3.05) is 39.3 Å². The Morgan fingerprint density at radius 1 is 1.14 bits per heavy atom. The van der Waals surface area contributed by atoms with Crippen LogP contribution in [0.4, 0.5) is 5.00 Å². The highest BCUT2D eigenvalue weighted by Crippen LogP contribution is 2.45. The lowest BCUT2D eigenvalue weighted by Gasteiger charge is -2.20. The molecule has 5 rings (SSSR count). The minimum atomic E-state index is -0.204. The van der Waals surface area contributed by atoms with E-state index in [4.69, 9.17) is 19.2 Å². The van der Waals surface area contributed by atoms with Crippen LogP contribution in [0.25, 0.3) is 0 Å². The number of anilines is 1. The first kappa shape index (κ1) is 24.3. The molecule has 188 valence electrons. The zero-order valence-electron chi connectivity index (χ0n) is 20.4. The van der Waals surface area contributed by atoms with Crippen LogP contribution in [-0.4, -0.2) is 51.9 Å². The second-order valence-corrected chi connectivity index (χ2v) is 10.6. The first-order valence-electron chi connectivity index (χ1n) is 11.6. The molecule has 0 fully saturated rings. The van der Waals surface area contributed by atoms with Gasteiger partial charge in [0.15, 0.2) is 11.5 Å². The van der Waals surface area contributed by atoms with Crippen LogP contribution in [0.3, 0.4) is 0 Å². The van der Waals surface area contributed by atoms with Gasteiger partial charge < -0.3 is 19.5 Å². The number of carbonyl (C=O) groups is 2. The molecular formula is C26H27N3O5S2. The largest absolute Gasteiger partial charge is 0.493 e. The van der Waals surface area contributed by atoms with Crippen molar-refractivity contribution in [3.05, 3.63) is 56.1 Å². The molecular weight excluding hydrogens is 498 g/mol. The van der Waals surface area contributed by atoms with Crippen LogP contribution in [0, 0.1) is 0 Å². The maximum atomic E-state index is 13.3. The van der Waals surface area contributed by atoms with E-state index in [0.717, 1.165) is 40.3 Å². The van der Waals surface area contributed by atoms with Crippen LogP contribution in [0.1, 0.15) is 32.9 Å². The first-order chi connectivity index (χ1) is 17.5. The lowest BCUT2D eigenvalue weighted by atomic mass is 9.98. The van der Waals surface area contributed by atoms with Crippen LogP contribution >= 0.6 is 22.7 Å². The second kappa shape index (κ2) is 10.3. The second-order valence-electron chi connectivity index (χ2n) is 8.45. The van der Waals surface area contributed by atoms with Crippen molar-refractivity contribution in [2.45, 2.75) is 25.8 Å². The molecule has 0 radical (unpaired) electrons. The van der Waals surface area contributed by atoms with Gasteiger partial charge in [-0.1, -0.05) is 6.07 Å². The van der Waals surface area contributed by atoms with Gasteiger partial charge in [-0.25, -0.2) is 0 Å². The van der Waals surface area contributed by atoms with Crippen LogP contribution in [-0.2, 0) is 29.0 Å². The van der Waals surface area contributed by atoms with Crippen LogP contribution < -0.4 is 24.4 Å². The molecule has 36 heavy (non-hydrogen) atoms. The van der Waals surface area contributed by atoms with E-state index in [1.165, 1.54) is 10.4 Å². The summed E-state index contributed by atoms with van der Waals surface area (Å²) in [5.74, 6) is 1.12. The number of aryl methyl sites for hydroxylation is 1. The van der Waals surface area contributed by atoms with Gasteiger partial charge in [0.05, 0.1) is 33.6 Å². The Morgan fingerprint density at radius 3 is 2.58 bits per heavy atom. The van der Waals surface area contributed by atoms with Crippen molar-refractivity contribution in [1.82, 2.24) is 5.32 Å². The molecule has 2 aliphatic rings. The standard InChI is InChI=1S/C26H27N3O5S2/c1-32-18-10-15(11-19(33-2)25(18)34-3)24-23-17-7-4-8-20(17)36-26(23)29(22(31)13-28-24)14-21(30)27-12-16-6-5-9-35-16/h5-6,9-11H,4,7-8,12-14H2,1-3H3,(H,27,30). The van der Waals surface area contributed by atoms with E-state index in [1.807, 2.05) is 29.6 Å². The average molecular weight is 526 g/mol. The fourth-order valence-corrected chi connectivity index (χ4v) is 6.71. The molecule has 0 saturated heterocycles. The van der Waals surface area contributed by atoms with E-state index in [9.17, 15) is 9.59 Å². The summed E-state index contributed by atoms with van der Waals surface area (Å²) in [6.07, 6.45) is 2.94. The van der Waals surface area contributed by atoms with Crippen LogP contribution in [0.5, 0.6) is 17.2 Å². The third kappa shape index (κ3) is 4.46. The number of nitrogens with zero attached hydrogens (tertiary/aromatic N) is 2. The molecule has 10 heteroatoms. The molecule has 0 saturated carbocycles. The van der Waals surface area contributed by atoms with Crippen molar-refractivity contribution in [1.29, 1.82) is 0 Å². The molecule has 2 amide bonds. The van der Waals surface area contributed by atoms with E-state index in [2.05, 4.69) is 5.32 Å². The molecule has 0 atom stereocenters. The number of rotatable bonds is 8. The Kier molecular flexibility index (Phi) is 6.97. The highest BCUT2D eigenvalue weighted by atomic mass is 32.1. The number of fused-ring (bicyclic) bond motifs is 3. The van der Waals surface area contributed by atoms with Crippen molar-refractivity contribution in [3.63, 3.8) is 0 Å². The van der Waals surface area contributed by atoms with E-state index in [0.29, 0.717) is 29.5 Å². The number of hydrogen-bond donors (Lipinski definition) is 1. The van der Waals surface area contributed by atoms with Gasteiger partial charge in [-0.05, 0) is 48.4 Å². The SMILES string of the molecule is COc1cc(C2=NCC(=O)N(CC(=O)NCc3cccs3)c3sc4c(c32)CCC4)cc(OC)c1OC. The highest BCUT2D eigenvalue weighted by molar-refractivity contribution is 7.17. The Morgan fingerprint density at radius 2 is 1.92 bits per heavy atom. The third-order valence-electron chi connectivity index (χ3n) is 6.34. The molecule has 2 aromatic heterocycles. The molecule has 0 unspecified atom stereocenters. The lowest BCUT2D eigenvalue weighted by Crippen LogP contribution is -2.41. The fourth-order valence-electron chi connectivity index (χ4n) is 4.66. The number of amides is 2. The van der Waals surface area contributed by atoms with E-state index >= 15 is 0 Å². The molecule has 1 aromatic carbocycles.